The lowest BCUT2D eigenvalue weighted by Crippen LogP contribution is -2.34. The van der Waals surface area contributed by atoms with Gasteiger partial charge in [-0.15, -0.1) is 0 Å². The van der Waals surface area contributed by atoms with Crippen molar-refractivity contribution in [1.29, 1.82) is 0 Å². The number of rotatable bonds is 3. The van der Waals surface area contributed by atoms with Crippen LogP contribution >= 0.6 is 0 Å². The van der Waals surface area contributed by atoms with Crippen molar-refractivity contribution in [2.75, 3.05) is 7.05 Å². The summed E-state index contributed by atoms with van der Waals surface area (Å²) >= 11 is 0. The highest BCUT2D eigenvalue weighted by Gasteiger charge is 2.15. The van der Waals surface area contributed by atoms with Crippen LogP contribution in [0.1, 0.15) is 12.5 Å². The predicted molar refractivity (Wildman–Crippen MR) is 65.0 cm³/mol. The van der Waals surface area contributed by atoms with Gasteiger partial charge in [-0.05, 0) is 24.6 Å². The minimum Gasteiger partial charge on any atom is -0.408 e. The molecule has 0 saturated heterocycles. The van der Waals surface area contributed by atoms with Crippen LogP contribution in [0.3, 0.4) is 0 Å². The fraction of sp³-hybridized carbons (Fsp3) is 0.333. The van der Waals surface area contributed by atoms with Gasteiger partial charge in [-0.2, -0.15) is 0 Å². The van der Waals surface area contributed by atoms with E-state index in [1.807, 2.05) is 0 Å². The first-order chi connectivity index (χ1) is 8.47. The van der Waals surface area contributed by atoms with Crippen LogP contribution in [-0.2, 0) is 11.3 Å². The molecule has 1 heterocycles. The van der Waals surface area contributed by atoms with E-state index in [9.17, 15) is 14.7 Å². The summed E-state index contributed by atoms with van der Waals surface area (Å²) < 4.78 is 4.93. The lowest BCUT2D eigenvalue weighted by atomic mass is 10.2. The average Bonchev–Trinajstić information content (AvgIpc) is 2.67. The molecule has 96 valence electrons. The summed E-state index contributed by atoms with van der Waals surface area (Å²) in [5, 5.41) is 9.19. The van der Waals surface area contributed by atoms with Gasteiger partial charge in [-0.1, -0.05) is 6.07 Å². The summed E-state index contributed by atoms with van der Waals surface area (Å²) in [5.41, 5.74) is 1.89. The Balaban J connectivity index is 2.21. The lowest BCUT2D eigenvalue weighted by Gasteiger charge is -2.18. The van der Waals surface area contributed by atoms with Crippen molar-refractivity contribution in [2.24, 2.45) is 0 Å². The second kappa shape index (κ2) is 4.66. The van der Waals surface area contributed by atoms with Gasteiger partial charge in [0.05, 0.1) is 5.52 Å². The van der Waals surface area contributed by atoms with Crippen LogP contribution < -0.4 is 5.76 Å². The number of nitrogens with zero attached hydrogens (tertiary/aromatic N) is 1. The molecule has 0 aliphatic carbocycles. The van der Waals surface area contributed by atoms with E-state index < -0.39 is 11.9 Å². The van der Waals surface area contributed by atoms with Gasteiger partial charge in [0.2, 0.25) is 0 Å². The molecular weight excluding hydrogens is 236 g/mol. The molecule has 2 N–H and O–H groups in total. The highest BCUT2D eigenvalue weighted by atomic mass is 16.4. The molecule has 1 amide bonds. The molecule has 0 saturated carbocycles. The van der Waals surface area contributed by atoms with E-state index in [0.717, 1.165) is 5.56 Å². The largest absolute Gasteiger partial charge is 0.417 e. The highest BCUT2D eigenvalue weighted by molar-refractivity contribution is 5.80. The van der Waals surface area contributed by atoms with Crippen molar-refractivity contribution in [3.8, 4) is 0 Å². The van der Waals surface area contributed by atoms with E-state index in [1.54, 1.807) is 25.2 Å². The SMILES string of the molecule is CC(O)C(=O)N(C)Cc1ccc2[nH]c(=O)oc2c1. The second-order valence-electron chi connectivity index (χ2n) is 4.22. The van der Waals surface area contributed by atoms with Crippen LogP contribution in [-0.4, -0.2) is 34.0 Å². The molecule has 0 bridgehead atoms. The zero-order valence-corrected chi connectivity index (χ0v) is 10.1. The first-order valence-corrected chi connectivity index (χ1v) is 5.52. The lowest BCUT2D eigenvalue weighted by molar-refractivity contribution is -0.138. The average molecular weight is 250 g/mol. The van der Waals surface area contributed by atoms with Gasteiger partial charge in [-0.3, -0.25) is 9.78 Å². The monoisotopic (exact) mass is 250 g/mol. The van der Waals surface area contributed by atoms with Crippen molar-refractivity contribution in [1.82, 2.24) is 9.88 Å². The van der Waals surface area contributed by atoms with Gasteiger partial charge in [-0.25, -0.2) is 4.79 Å². The van der Waals surface area contributed by atoms with E-state index >= 15 is 0 Å². The summed E-state index contributed by atoms with van der Waals surface area (Å²) in [6.07, 6.45) is -1.02. The standard InChI is InChI=1S/C12H14N2O4/c1-7(15)11(16)14(2)6-8-3-4-9-10(5-8)18-12(17)13-9/h3-5,7,15H,6H2,1-2H3,(H,13,17). The molecule has 2 rings (SSSR count). The molecule has 1 unspecified atom stereocenters. The minimum absolute atomic E-state index is 0.342. The molecule has 1 aromatic carbocycles. The molecule has 1 aromatic heterocycles. The molecule has 0 fully saturated rings. The van der Waals surface area contributed by atoms with Crippen LogP contribution in [0, 0.1) is 0 Å². The van der Waals surface area contributed by atoms with Crippen LogP contribution in [0.25, 0.3) is 11.1 Å². The van der Waals surface area contributed by atoms with Gasteiger partial charge in [0, 0.05) is 13.6 Å². The minimum atomic E-state index is -1.02. The summed E-state index contributed by atoms with van der Waals surface area (Å²) in [7, 11) is 1.60. The van der Waals surface area contributed by atoms with Crippen molar-refractivity contribution in [3.05, 3.63) is 34.3 Å². The number of likely N-dealkylation sites (N-methyl/N-ethyl adjacent to an activating group) is 1. The molecule has 0 spiro atoms. The number of nitrogens with one attached hydrogen (secondary N) is 1. The van der Waals surface area contributed by atoms with Gasteiger partial charge >= 0.3 is 5.76 Å². The van der Waals surface area contributed by atoms with E-state index in [1.165, 1.54) is 11.8 Å². The Kier molecular flexibility index (Phi) is 3.20. The number of H-pyrrole nitrogens is 1. The normalized spacial score (nSPS) is 12.6. The Labute approximate surface area is 103 Å². The number of amides is 1. The zero-order chi connectivity index (χ0) is 13.3. The van der Waals surface area contributed by atoms with Crippen LogP contribution in [0.5, 0.6) is 0 Å². The topological polar surface area (TPSA) is 86.5 Å². The van der Waals surface area contributed by atoms with E-state index in [4.69, 9.17) is 4.42 Å². The summed E-state index contributed by atoms with van der Waals surface area (Å²) in [6.45, 7) is 1.77. The summed E-state index contributed by atoms with van der Waals surface area (Å²) in [4.78, 5) is 26.5. The Morgan fingerprint density at radius 2 is 2.28 bits per heavy atom. The zero-order valence-electron chi connectivity index (χ0n) is 10.1. The van der Waals surface area contributed by atoms with Crippen LogP contribution in [0.4, 0.5) is 0 Å². The number of aliphatic hydroxyl groups excluding tert-OH is 1. The van der Waals surface area contributed by atoms with E-state index in [2.05, 4.69) is 4.98 Å². The number of benzene rings is 1. The third-order valence-corrected chi connectivity index (χ3v) is 2.64. The first kappa shape index (κ1) is 12.4. The quantitative estimate of drug-likeness (QED) is 0.828. The summed E-state index contributed by atoms with van der Waals surface area (Å²) in [5.74, 6) is -0.860. The molecule has 0 aliphatic heterocycles. The highest BCUT2D eigenvalue weighted by Crippen LogP contribution is 2.13. The Morgan fingerprint density at radius 3 is 2.94 bits per heavy atom. The van der Waals surface area contributed by atoms with Gasteiger partial charge in [0.25, 0.3) is 5.91 Å². The number of carbonyl (C=O) groups is 1. The maximum Gasteiger partial charge on any atom is 0.417 e. The van der Waals surface area contributed by atoms with Gasteiger partial charge < -0.3 is 14.4 Å². The van der Waals surface area contributed by atoms with E-state index in [-0.39, 0.29) is 5.91 Å². The Morgan fingerprint density at radius 1 is 1.56 bits per heavy atom. The van der Waals surface area contributed by atoms with Crippen molar-refractivity contribution in [3.63, 3.8) is 0 Å². The number of aromatic nitrogens is 1. The molecule has 6 heteroatoms. The van der Waals surface area contributed by atoms with Crippen LogP contribution in [0.15, 0.2) is 27.4 Å². The molecule has 18 heavy (non-hydrogen) atoms. The number of hydrogen-bond donors (Lipinski definition) is 2. The van der Waals surface area contributed by atoms with Gasteiger partial charge in [0.15, 0.2) is 5.58 Å². The second-order valence-corrected chi connectivity index (χ2v) is 4.22. The van der Waals surface area contributed by atoms with Crippen LogP contribution in [0.2, 0.25) is 0 Å². The third kappa shape index (κ3) is 2.43. The molecular formula is C12H14N2O4. The fourth-order valence-electron chi connectivity index (χ4n) is 1.76. The van der Waals surface area contributed by atoms with Crippen molar-refractivity contribution >= 4 is 17.0 Å². The molecule has 0 aliphatic rings. The Hall–Kier alpha value is -2.08. The predicted octanol–water partition coefficient (Wildman–Crippen LogP) is 0.460. The number of hydrogen-bond acceptors (Lipinski definition) is 4. The van der Waals surface area contributed by atoms with E-state index in [0.29, 0.717) is 17.6 Å². The maximum absolute atomic E-state index is 11.5. The molecule has 0 radical (unpaired) electrons. The number of aromatic amines is 1. The molecule has 1 atom stereocenters. The van der Waals surface area contributed by atoms with Gasteiger partial charge in [0.1, 0.15) is 6.10 Å². The fourth-order valence-corrected chi connectivity index (χ4v) is 1.76. The number of carbonyl (C=O) groups excluding carboxylic acids is 1. The third-order valence-electron chi connectivity index (χ3n) is 2.64. The number of aliphatic hydroxyl groups is 1. The summed E-state index contributed by atoms with van der Waals surface area (Å²) in [6, 6.07) is 5.20. The Bertz CT molecular complexity index is 626. The van der Waals surface area contributed by atoms with Crippen molar-refractivity contribution < 1.29 is 14.3 Å². The van der Waals surface area contributed by atoms with Crippen molar-refractivity contribution in [2.45, 2.75) is 19.6 Å². The number of fused-ring (bicyclic) bond motifs is 1. The number of oxazole rings is 1. The smallest absolute Gasteiger partial charge is 0.408 e. The molecule has 2 aromatic rings. The molecule has 6 nitrogen and oxygen atoms in total. The maximum atomic E-state index is 11.5. The first-order valence-electron chi connectivity index (χ1n) is 5.52.